The number of nitrogens with one attached hydrogen (secondary N) is 3. The predicted molar refractivity (Wildman–Crippen MR) is 145 cm³/mol. The van der Waals surface area contributed by atoms with E-state index >= 15 is 0 Å². The third-order valence-corrected chi connectivity index (χ3v) is 8.08. The van der Waals surface area contributed by atoms with Crippen LogP contribution in [0.3, 0.4) is 0 Å². The van der Waals surface area contributed by atoms with E-state index in [-0.39, 0.29) is 10.8 Å². The number of ether oxygens (including phenoxy) is 2. The molecule has 0 fully saturated rings. The first-order valence-electron chi connectivity index (χ1n) is 12.5. The molecule has 0 saturated carbocycles. The standard InChI is InChI=1S/C28H34N4O4S/c1-3-4-14-30-25-17-23(28(33)31-15-16-35-2)18-26(27(25)36-24-12-6-5-7-13-24)37(29,34)32-19-21-10-8-9-11-22(21)20-32/h5-13,17-18,29-30H,3-4,14-16,19-20H2,1-2H3,(H,31,33). The van der Waals surface area contributed by atoms with Crippen molar-refractivity contribution in [1.82, 2.24) is 9.62 Å². The minimum atomic E-state index is -3.53. The Kier molecular flexibility index (Phi) is 8.81. The van der Waals surface area contributed by atoms with Gasteiger partial charge in [-0.15, -0.1) is 0 Å². The van der Waals surface area contributed by atoms with Crippen LogP contribution in [0.25, 0.3) is 0 Å². The summed E-state index contributed by atoms with van der Waals surface area (Å²) in [5, 5.41) is 6.19. The normalized spacial score (nSPS) is 14.5. The van der Waals surface area contributed by atoms with Crippen LogP contribution in [-0.4, -0.2) is 41.2 Å². The number of rotatable bonds is 12. The van der Waals surface area contributed by atoms with Gasteiger partial charge in [0.25, 0.3) is 5.91 Å². The van der Waals surface area contributed by atoms with Crippen molar-refractivity contribution in [2.75, 3.05) is 32.1 Å². The number of amides is 1. The molecule has 1 aliphatic heterocycles. The van der Waals surface area contributed by atoms with Crippen LogP contribution in [0.4, 0.5) is 5.69 Å². The van der Waals surface area contributed by atoms with E-state index in [4.69, 9.17) is 14.3 Å². The average Bonchev–Trinajstić information content (AvgIpc) is 3.35. The van der Waals surface area contributed by atoms with E-state index in [0.717, 1.165) is 24.0 Å². The minimum absolute atomic E-state index is 0.169. The molecule has 1 heterocycles. The van der Waals surface area contributed by atoms with E-state index in [9.17, 15) is 9.00 Å². The molecule has 37 heavy (non-hydrogen) atoms. The largest absolute Gasteiger partial charge is 0.454 e. The lowest BCUT2D eigenvalue weighted by molar-refractivity contribution is 0.0937. The van der Waals surface area contributed by atoms with Crippen molar-refractivity contribution in [1.29, 1.82) is 4.78 Å². The molecule has 1 atom stereocenters. The zero-order chi connectivity index (χ0) is 26.3. The number of hydrogen-bond acceptors (Lipinski definition) is 6. The van der Waals surface area contributed by atoms with Gasteiger partial charge in [-0.3, -0.25) is 4.79 Å². The molecule has 3 N–H and O–H groups in total. The molecule has 1 unspecified atom stereocenters. The van der Waals surface area contributed by atoms with Crippen LogP contribution in [-0.2, 0) is 27.7 Å². The number of fused-ring (bicyclic) bond motifs is 1. The van der Waals surface area contributed by atoms with Gasteiger partial charge in [0, 0.05) is 38.9 Å². The summed E-state index contributed by atoms with van der Waals surface area (Å²) >= 11 is 0. The van der Waals surface area contributed by atoms with E-state index in [2.05, 4.69) is 17.6 Å². The van der Waals surface area contributed by atoms with Crippen LogP contribution in [0.15, 0.2) is 71.6 Å². The molecule has 1 amide bonds. The van der Waals surface area contributed by atoms with Crippen LogP contribution in [0.5, 0.6) is 11.5 Å². The van der Waals surface area contributed by atoms with Crippen molar-refractivity contribution in [2.45, 2.75) is 37.8 Å². The van der Waals surface area contributed by atoms with Gasteiger partial charge >= 0.3 is 0 Å². The fourth-order valence-corrected chi connectivity index (χ4v) is 5.78. The highest BCUT2D eigenvalue weighted by molar-refractivity contribution is 7.90. The van der Waals surface area contributed by atoms with Crippen LogP contribution < -0.4 is 15.4 Å². The number of methoxy groups -OCH3 is 1. The fraction of sp³-hybridized carbons (Fsp3) is 0.321. The molecule has 3 aromatic rings. The van der Waals surface area contributed by atoms with Crippen LogP contribution in [0.1, 0.15) is 41.3 Å². The van der Waals surface area contributed by atoms with Gasteiger partial charge in [0.1, 0.15) is 20.6 Å². The molecule has 0 aliphatic carbocycles. The summed E-state index contributed by atoms with van der Waals surface area (Å²) in [4.78, 5) is 13.2. The molecule has 196 valence electrons. The van der Waals surface area contributed by atoms with Crippen LogP contribution >= 0.6 is 0 Å². The number of para-hydroxylation sites is 1. The van der Waals surface area contributed by atoms with Crippen molar-refractivity contribution < 1.29 is 18.5 Å². The zero-order valence-corrected chi connectivity index (χ0v) is 22.1. The molecule has 0 bridgehead atoms. The summed E-state index contributed by atoms with van der Waals surface area (Å²) in [5.74, 6) is 0.522. The fourth-order valence-electron chi connectivity index (χ4n) is 4.17. The predicted octanol–water partition coefficient (Wildman–Crippen LogP) is 5.40. The Labute approximate surface area is 219 Å². The van der Waals surface area contributed by atoms with E-state index in [1.165, 1.54) is 6.07 Å². The van der Waals surface area contributed by atoms with E-state index < -0.39 is 9.92 Å². The molecule has 0 aromatic heterocycles. The molecule has 0 radical (unpaired) electrons. The Hall–Kier alpha value is -3.40. The molecule has 0 spiro atoms. The Bertz CT molecular complexity index is 1300. The Morgan fingerprint density at radius 2 is 1.70 bits per heavy atom. The lowest BCUT2D eigenvalue weighted by Gasteiger charge is -2.24. The van der Waals surface area contributed by atoms with Crippen molar-refractivity contribution in [2.24, 2.45) is 0 Å². The molecular formula is C28H34N4O4S. The Balaban J connectivity index is 1.80. The minimum Gasteiger partial charge on any atom is -0.454 e. The summed E-state index contributed by atoms with van der Waals surface area (Å²) in [6.45, 7) is 4.21. The molecular weight excluding hydrogens is 488 g/mol. The number of nitrogens with zero attached hydrogens (tertiary/aromatic N) is 1. The van der Waals surface area contributed by atoms with Crippen molar-refractivity contribution in [3.05, 3.63) is 83.4 Å². The number of carbonyl (C=O) groups excluding carboxylic acids is 1. The SMILES string of the molecule is CCCCNc1cc(C(=O)NCCOC)cc(S(=N)(=O)N2Cc3ccccc3C2)c1Oc1ccccc1. The number of benzene rings is 3. The zero-order valence-electron chi connectivity index (χ0n) is 21.3. The van der Waals surface area contributed by atoms with Crippen LogP contribution in [0, 0.1) is 4.78 Å². The Morgan fingerprint density at radius 1 is 1.03 bits per heavy atom. The van der Waals surface area contributed by atoms with Gasteiger partial charge in [0.2, 0.25) is 0 Å². The van der Waals surface area contributed by atoms with Crippen molar-refractivity contribution in [3.8, 4) is 11.5 Å². The molecule has 4 rings (SSSR count). The maximum atomic E-state index is 14.3. The van der Waals surface area contributed by atoms with Gasteiger partial charge in [0.15, 0.2) is 5.75 Å². The van der Waals surface area contributed by atoms with Gasteiger partial charge in [-0.2, -0.15) is 0 Å². The van der Waals surface area contributed by atoms with E-state index in [1.807, 2.05) is 54.6 Å². The molecule has 0 saturated heterocycles. The highest BCUT2D eigenvalue weighted by Gasteiger charge is 2.32. The quantitative estimate of drug-likeness (QED) is 0.276. The molecule has 1 aliphatic rings. The third-order valence-electron chi connectivity index (χ3n) is 6.19. The smallest absolute Gasteiger partial charge is 0.251 e. The topological polar surface area (TPSA) is 104 Å². The first-order valence-corrected chi connectivity index (χ1v) is 14.0. The average molecular weight is 523 g/mol. The summed E-state index contributed by atoms with van der Waals surface area (Å²) in [5.41, 5.74) is 2.93. The summed E-state index contributed by atoms with van der Waals surface area (Å²) in [7, 11) is -1.96. The maximum absolute atomic E-state index is 14.3. The molecule has 8 nitrogen and oxygen atoms in total. The van der Waals surface area contributed by atoms with Gasteiger partial charge < -0.3 is 20.1 Å². The van der Waals surface area contributed by atoms with E-state index in [0.29, 0.717) is 55.5 Å². The first kappa shape index (κ1) is 26.7. The first-order chi connectivity index (χ1) is 17.9. The second-order valence-electron chi connectivity index (χ2n) is 8.89. The molecule has 3 aromatic carbocycles. The van der Waals surface area contributed by atoms with Gasteiger partial charge in [-0.25, -0.2) is 13.3 Å². The molecule has 9 heteroatoms. The second-order valence-corrected chi connectivity index (χ2v) is 10.9. The summed E-state index contributed by atoms with van der Waals surface area (Å²) in [6.07, 6.45) is 1.88. The monoisotopic (exact) mass is 522 g/mol. The third kappa shape index (κ3) is 6.30. The Morgan fingerprint density at radius 3 is 2.35 bits per heavy atom. The highest BCUT2D eigenvalue weighted by atomic mass is 32.2. The van der Waals surface area contributed by atoms with Gasteiger partial charge in [0.05, 0.1) is 12.3 Å². The maximum Gasteiger partial charge on any atom is 0.251 e. The number of unbranched alkanes of at least 4 members (excludes halogenated alkanes) is 1. The lowest BCUT2D eigenvalue weighted by Crippen LogP contribution is -2.28. The highest BCUT2D eigenvalue weighted by Crippen LogP contribution is 2.41. The van der Waals surface area contributed by atoms with E-state index in [1.54, 1.807) is 17.5 Å². The van der Waals surface area contributed by atoms with Gasteiger partial charge in [-0.05, 0) is 41.8 Å². The van der Waals surface area contributed by atoms with Crippen molar-refractivity contribution in [3.63, 3.8) is 0 Å². The summed E-state index contributed by atoms with van der Waals surface area (Å²) < 4.78 is 36.5. The number of anilines is 1. The lowest BCUT2D eigenvalue weighted by atomic mass is 10.1. The number of carbonyl (C=O) groups is 1. The van der Waals surface area contributed by atoms with Crippen LogP contribution in [0.2, 0.25) is 0 Å². The van der Waals surface area contributed by atoms with Crippen molar-refractivity contribution >= 4 is 21.5 Å². The number of hydrogen-bond donors (Lipinski definition) is 3. The second kappa shape index (κ2) is 12.2. The summed E-state index contributed by atoms with van der Waals surface area (Å²) in [6, 6.07) is 20.3. The van der Waals surface area contributed by atoms with Gasteiger partial charge in [-0.1, -0.05) is 55.8 Å².